The van der Waals surface area contributed by atoms with Crippen LogP contribution in [0.5, 0.6) is 23.0 Å². The minimum absolute atomic E-state index is 0.0397. The van der Waals surface area contributed by atoms with Gasteiger partial charge in [-0.05, 0) is 35.4 Å². The smallest absolute Gasteiger partial charge is 0.229 e. The minimum atomic E-state index is -1.90. The van der Waals surface area contributed by atoms with E-state index in [1.54, 1.807) is 30.3 Å². The molecule has 0 saturated carbocycles. The van der Waals surface area contributed by atoms with Gasteiger partial charge < -0.3 is 73.6 Å². The maximum atomic E-state index is 10.6. The first kappa shape index (κ1) is 33.1. The number of fused-ring (bicyclic) bond motifs is 1. The lowest BCUT2D eigenvalue weighted by atomic mass is 9.85. The second kappa shape index (κ2) is 13.4. The summed E-state index contributed by atoms with van der Waals surface area (Å²) in [5.41, 5.74) is -0.207. The molecule has 254 valence electrons. The summed E-state index contributed by atoms with van der Waals surface area (Å²) in [6.45, 7) is -0.627. The van der Waals surface area contributed by atoms with Crippen LogP contribution in [-0.4, -0.2) is 132 Å². The Morgan fingerprint density at radius 2 is 1.41 bits per heavy atom. The highest BCUT2D eigenvalue weighted by Gasteiger charge is 2.51. The van der Waals surface area contributed by atoms with Crippen molar-refractivity contribution in [1.29, 1.82) is 0 Å². The molecule has 2 aromatic carbocycles. The molecule has 0 aliphatic carbocycles. The average Bonchev–Trinajstić information content (AvgIpc) is 3.76. The topological polar surface area (TPSA) is 215 Å². The van der Waals surface area contributed by atoms with Crippen LogP contribution in [0.25, 0.3) is 0 Å². The predicted molar refractivity (Wildman–Crippen MR) is 153 cm³/mol. The number of phenolic OH excluding ortho intramolecular Hbond substituents is 1. The standard InChI is InChI=1S/C31H40O15/c1-39-20-7-14(3-5-18(20)33)26-16-9-42-27(17(16)10-41-26)15-4-6-19(21(8-15)40-2)45-29-25(36)24(35)23(34)22(46-29)11-43-30-28(37)31(38,12-32)13-44-30/h3-8,16-17,22-30,32-38H,9-13H2,1-2H3/t16-,17-,22+,23+,24-,25+,26+,27+,28-,29+,30+,31+/m0/s1. The number of rotatable bonds is 10. The molecule has 0 aromatic heterocycles. The van der Waals surface area contributed by atoms with E-state index in [2.05, 4.69) is 0 Å². The van der Waals surface area contributed by atoms with E-state index in [9.17, 15) is 35.7 Å². The summed E-state index contributed by atoms with van der Waals surface area (Å²) >= 11 is 0. The third-order valence-corrected chi connectivity index (χ3v) is 9.23. The lowest BCUT2D eigenvalue weighted by Crippen LogP contribution is -2.60. The number of aliphatic hydroxyl groups is 6. The largest absolute Gasteiger partial charge is 0.504 e. The summed E-state index contributed by atoms with van der Waals surface area (Å²) in [4.78, 5) is 0. The average molecular weight is 653 g/mol. The number of aromatic hydroxyl groups is 1. The Balaban J connectivity index is 1.12. The molecule has 15 heteroatoms. The van der Waals surface area contributed by atoms with E-state index in [0.717, 1.165) is 11.1 Å². The van der Waals surface area contributed by atoms with Crippen LogP contribution in [-0.2, 0) is 23.7 Å². The molecule has 2 aromatic rings. The van der Waals surface area contributed by atoms with Crippen molar-refractivity contribution in [2.75, 3.05) is 47.3 Å². The molecule has 7 N–H and O–H groups in total. The van der Waals surface area contributed by atoms with Gasteiger partial charge in [0.25, 0.3) is 0 Å². The lowest BCUT2D eigenvalue weighted by molar-refractivity contribution is -0.289. The fraction of sp³-hybridized carbons (Fsp3) is 0.613. The second-order valence-electron chi connectivity index (χ2n) is 12.0. The summed E-state index contributed by atoms with van der Waals surface area (Å²) in [6, 6.07) is 10.3. The van der Waals surface area contributed by atoms with Gasteiger partial charge in [-0.2, -0.15) is 0 Å². The van der Waals surface area contributed by atoms with Crippen molar-refractivity contribution in [3.8, 4) is 23.0 Å². The van der Waals surface area contributed by atoms with Gasteiger partial charge in [0.2, 0.25) is 6.29 Å². The molecule has 0 spiro atoms. The molecule has 0 unspecified atom stereocenters. The van der Waals surface area contributed by atoms with Gasteiger partial charge in [0.1, 0.15) is 36.1 Å². The van der Waals surface area contributed by atoms with Gasteiger partial charge in [-0.15, -0.1) is 0 Å². The number of aliphatic hydroxyl groups excluding tert-OH is 5. The van der Waals surface area contributed by atoms with Crippen LogP contribution in [0.2, 0.25) is 0 Å². The van der Waals surface area contributed by atoms with Crippen molar-refractivity contribution in [2.24, 2.45) is 11.8 Å². The monoisotopic (exact) mass is 652 g/mol. The van der Waals surface area contributed by atoms with E-state index in [1.165, 1.54) is 14.2 Å². The highest BCUT2D eigenvalue weighted by molar-refractivity contribution is 5.45. The SMILES string of the molecule is COc1cc([C@H]2OC[C@H]3[C@@H]2CO[C@@H]3c2ccc(O[C@@H]3O[C@H](CO[C@@H]4OC[C@](O)(CO)[C@H]4O)[C@@H](O)[C@H](O)[C@H]3O)c(OC)c2)ccc1O. The number of benzene rings is 2. The molecule has 4 heterocycles. The number of ether oxygens (including phenoxy) is 8. The van der Waals surface area contributed by atoms with Crippen LogP contribution < -0.4 is 14.2 Å². The van der Waals surface area contributed by atoms with Crippen LogP contribution >= 0.6 is 0 Å². The Morgan fingerprint density at radius 3 is 2.02 bits per heavy atom. The lowest BCUT2D eigenvalue weighted by Gasteiger charge is -2.40. The van der Waals surface area contributed by atoms with Crippen molar-refractivity contribution in [1.82, 2.24) is 0 Å². The van der Waals surface area contributed by atoms with E-state index in [4.69, 9.17) is 37.9 Å². The van der Waals surface area contributed by atoms with E-state index >= 15 is 0 Å². The van der Waals surface area contributed by atoms with Crippen molar-refractivity contribution >= 4 is 0 Å². The summed E-state index contributed by atoms with van der Waals surface area (Å²) in [6.07, 6.45) is -11.0. The Kier molecular flexibility index (Phi) is 9.62. The minimum Gasteiger partial charge on any atom is -0.504 e. The highest BCUT2D eigenvalue weighted by Crippen LogP contribution is 2.51. The highest BCUT2D eigenvalue weighted by atomic mass is 16.7. The Bertz CT molecular complexity index is 1360. The van der Waals surface area contributed by atoms with Gasteiger partial charge in [0, 0.05) is 11.8 Å². The summed E-state index contributed by atoms with van der Waals surface area (Å²) in [5.74, 6) is 1.01. The molecule has 4 aliphatic heterocycles. The van der Waals surface area contributed by atoms with Gasteiger partial charge in [-0.25, -0.2) is 0 Å². The maximum Gasteiger partial charge on any atom is 0.229 e. The normalized spacial score (nSPS) is 38.9. The zero-order valence-electron chi connectivity index (χ0n) is 25.2. The van der Waals surface area contributed by atoms with Gasteiger partial charge in [-0.1, -0.05) is 12.1 Å². The van der Waals surface area contributed by atoms with Crippen LogP contribution in [0.3, 0.4) is 0 Å². The van der Waals surface area contributed by atoms with Crippen LogP contribution in [0.1, 0.15) is 23.3 Å². The van der Waals surface area contributed by atoms with Crippen molar-refractivity contribution < 1.29 is 73.6 Å². The third-order valence-electron chi connectivity index (χ3n) is 9.23. The zero-order chi connectivity index (χ0) is 32.7. The molecule has 46 heavy (non-hydrogen) atoms. The van der Waals surface area contributed by atoms with Gasteiger partial charge >= 0.3 is 0 Å². The number of phenols is 1. The first-order valence-electron chi connectivity index (χ1n) is 15.0. The van der Waals surface area contributed by atoms with E-state index in [-0.39, 0.29) is 42.1 Å². The number of methoxy groups -OCH3 is 2. The van der Waals surface area contributed by atoms with Crippen molar-refractivity contribution in [3.05, 3.63) is 47.5 Å². The van der Waals surface area contributed by atoms with E-state index < -0.39 is 61.9 Å². The number of hydrogen-bond acceptors (Lipinski definition) is 15. The van der Waals surface area contributed by atoms with Crippen LogP contribution in [0.15, 0.2) is 36.4 Å². The van der Waals surface area contributed by atoms with Crippen LogP contribution in [0.4, 0.5) is 0 Å². The molecule has 0 radical (unpaired) electrons. The van der Waals surface area contributed by atoms with Crippen molar-refractivity contribution in [3.63, 3.8) is 0 Å². The molecule has 4 saturated heterocycles. The molecule has 12 atom stereocenters. The third kappa shape index (κ3) is 6.02. The summed E-state index contributed by atoms with van der Waals surface area (Å²) < 4.78 is 45.6. The Morgan fingerprint density at radius 1 is 0.783 bits per heavy atom. The zero-order valence-corrected chi connectivity index (χ0v) is 25.2. The van der Waals surface area contributed by atoms with Gasteiger partial charge in [0.15, 0.2) is 29.3 Å². The molecular formula is C31H40O15. The van der Waals surface area contributed by atoms with Gasteiger partial charge in [-0.3, -0.25) is 0 Å². The fourth-order valence-electron chi connectivity index (χ4n) is 6.47. The fourth-order valence-corrected chi connectivity index (χ4v) is 6.47. The summed E-state index contributed by atoms with van der Waals surface area (Å²) in [7, 11) is 2.94. The summed E-state index contributed by atoms with van der Waals surface area (Å²) in [5, 5.41) is 71.4. The molecule has 4 aliphatic rings. The quantitative estimate of drug-likeness (QED) is 0.166. The molecule has 6 rings (SSSR count). The van der Waals surface area contributed by atoms with E-state index in [0.29, 0.717) is 24.7 Å². The Labute approximate surface area is 264 Å². The van der Waals surface area contributed by atoms with Crippen molar-refractivity contribution in [2.45, 2.75) is 60.9 Å². The number of hydrogen-bond donors (Lipinski definition) is 7. The first-order chi connectivity index (χ1) is 22.1. The maximum absolute atomic E-state index is 10.6. The molecule has 15 nitrogen and oxygen atoms in total. The van der Waals surface area contributed by atoms with Gasteiger partial charge in [0.05, 0.1) is 59.5 Å². The molecule has 4 fully saturated rings. The van der Waals surface area contributed by atoms with E-state index in [1.807, 2.05) is 6.07 Å². The molecule has 0 amide bonds. The predicted octanol–water partition coefficient (Wildman–Crippen LogP) is -0.872. The Hall–Kier alpha value is -2.80. The molecule has 0 bridgehead atoms. The first-order valence-corrected chi connectivity index (χ1v) is 15.0. The van der Waals surface area contributed by atoms with Crippen LogP contribution in [0, 0.1) is 11.8 Å². The molecular weight excluding hydrogens is 612 g/mol. The second-order valence-corrected chi connectivity index (χ2v) is 12.0.